The number of tetrazole rings is 2. The Balaban J connectivity index is 2.13. The Kier molecular flexibility index (Phi) is 2.46. The van der Waals surface area contributed by atoms with E-state index in [1.807, 2.05) is 0 Å². The van der Waals surface area contributed by atoms with E-state index in [0.717, 1.165) is 5.69 Å². The fourth-order valence-corrected chi connectivity index (χ4v) is 1.45. The number of aromatic nitrogens is 9. The van der Waals surface area contributed by atoms with Crippen LogP contribution >= 0.6 is 0 Å². The van der Waals surface area contributed by atoms with E-state index < -0.39 is 0 Å². The van der Waals surface area contributed by atoms with E-state index in [2.05, 4.69) is 36.0 Å². The Morgan fingerprint density at radius 3 is 2.50 bits per heavy atom. The van der Waals surface area contributed by atoms with Crippen molar-refractivity contribution in [3.05, 3.63) is 24.5 Å². The molecule has 3 rings (SSSR count). The first kappa shape index (κ1) is 10.4. The van der Waals surface area contributed by atoms with Crippen molar-refractivity contribution in [2.45, 2.75) is 6.73 Å². The lowest BCUT2D eigenvalue weighted by Gasteiger charge is -2.02. The molecule has 0 atom stereocenters. The first-order valence-electron chi connectivity index (χ1n) is 4.96. The zero-order valence-corrected chi connectivity index (χ0v) is 8.99. The fraction of sp³-hybridized carbons (Fsp3) is 0.125. The Bertz CT molecular complexity index is 645. The highest BCUT2D eigenvalue weighted by atomic mass is 16.3. The second-order valence-corrected chi connectivity index (χ2v) is 3.26. The predicted molar refractivity (Wildman–Crippen MR) is 56.0 cm³/mol. The lowest BCUT2D eigenvalue weighted by molar-refractivity contribution is 0.194. The Morgan fingerprint density at radius 2 is 1.72 bits per heavy atom. The summed E-state index contributed by atoms with van der Waals surface area (Å²) in [6, 6.07) is 3.49. The zero-order valence-electron chi connectivity index (χ0n) is 8.99. The topological polar surface area (TPSA) is 120 Å². The van der Waals surface area contributed by atoms with Crippen molar-refractivity contribution in [2.24, 2.45) is 0 Å². The van der Waals surface area contributed by atoms with Gasteiger partial charge < -0.3 is 5.11 Å². The van der Waals surface area contributed by atoms with Gasteiger partial charge in [-0.05, 0) is 33.0 Å². The van der Waals surface area contributed by atoms with Gasteiger partial charge in [0.1, 0.15) is 6.73 Å². The van der Waals surface area contributed by atoms with Crippen LogP contribution in [0.4, 0.5) is 0 Å². The molecule has 0 radical (unpaired) electrons. The Labute approximate surface area is 99.9 Å². The third-order valence-corrected chi connectivity index (χ3v) is 2.24. The molecule has 0 saturated carbocycles. The van der Waals surface area contributed by atoms with Crippen molar-refractivity contribution in [3.63, 3.8) is 0 Å². The summed E-state index contributed by atoms with van der Waals surface area (Å²) in [7, 11) is 0. The summed E-state index contributed by atoms with van der Waals surface area (Å²) in [5, 5.41) is 31.2. The van der Waals surface area contributed by atoms with Crippen LogP contribution in [0.25, 0.3) is 17.3 Å². The average Bonchev–Trinajstić information content (AvgIpc) is 3.07. The average molecular weight is 245 g/mol. The molecule has 3 heterocycles. The molecule has 0 fully saturated rings. The summed E-state index contributed by atoms with van der Waals surface area (Å²) in [4.78, 5) is 3.91. The van der Waals surface area contributed by atoms with Crippen molar-refractivity contribution < 1.29 is 5.11 Å². The molecular weight excluding hydrogens is 238 g/mol. The lowest BCUT2D eigenvalue weighted by atomic mass is 10.4. The Hall–Kier alpha value is -2.75. The van der Waals surface area contributed by atoms with Crippen LogP contribution in [0.2, 0.25) is 0 Å². The van der Waals surface area contributed by atoms with E-state index >= 15 is 0 Å². The van der Waals surface area contributed by atoms with Gasteiger partial charge in [0, 0.05) is 12.4 Å². The van der Waals surface area contributed by atoms with Gasteiger partial charge in [-0.15, -0.1) is 10.2 Å². The van der Waals surface area contributed by atoms with Crippen LogP contribution in [0.15, 0.2) is 24.5 Å². The molecule has 1 N–H and O–H groups in total. The first-order valence-corrected chi connectivity index (χ1v) is 4.96. The maximum atomic E-state index is 9.10. The van der Waals surface area contributed by atoms with E-state index in [4.69, 9.17) is 5.11 Å². The summed E-state index contributed by atoms with van der Waals surface area (Å²) in [6.07, 6.45) is 3.24. The normalized spacial score (nSPS) is 10.7. The van der Waals surface area contributed by atoms with Crippen molar-refractivity contribution in [3.8, 4) is 17.3 Å². The van der Waals surface area contributed by atoms with Crippen LogP contribution in [0, 0.1) is 0 Å². The molecule has 0 spiro atoms. The molecule has 0 bridgehead atoms. The standard InChI is InChI=1S/C8H7N9O/c18-5-16-7(10-12-14-16)8-11-13-15-17(8)6-1-3-9-4-2-6/h1-4,18H,5H2. The third-order valence-electron chi connectivity index (χ3n) is 2.24. The van der Waals surface area contributed by atoms with Gasteiger partial charge >= 0.3 is 0 Å². The molecule has 0 aliphatic carbocycles. The molecule has 0 aromatic carbocycles. The van der Waals surface area contributed by atoms with Crippen LogP contribution in [-0.4, -0.2) is 50.5 Å². The second-order valence-electron chi connectivity index (χ2n) is 3.26. The highest BCUT2D eigenvalue weighted by Crippen LogP contribution is 2.15. The minimum Gasteiger partial charge on any atom is -0.374 e. The van der Waals surface area contributed by atoms with Crippen molar-refractivity contribution in [1.82, 2.24) is 45.4 Å². The highest BCUT2D eigenvalue weighted by molar-refractivity contribution is 5.46. The second kappa shape index (κ2) is 4.25. The minimum atomic E-state index is -0.356. The van der Waals surface area contributed by atoms with Gasteiger partial charge in [0.05, 0.1) is 5.69 Å². The fourth-order valence-electron chi connectivity index (χ4n) is 1.45. The predicted octanol–water partition coefficient (Wildman–Crippen LogP) is -1.34. The molecule has 3 aromatic rings. The van der Waals surface area contributed by atoms with Gasteiger partial charge in [0.15, 0.2) is 0 Å². The number of hydrogen-bond acceptors (Lipinski definition) is 8. The van der Waals surface area contributed by atoms with Crippen LogP contribution in [0.3, 0.4) is 0 Å². The van der Waals surface area contributed by atoms with E-state index in [1.54, 1.807) is 24.5 Å². The van der Waals surface area contributed by atoms with E-state index in [0.29, 0.717) is 5.82 Å². The van der Waals surface area contributed by atoms with Crippen LogP contribution in [0.5, 0.6) is 0 Å². The monoisotopic (exact) mass is 245 g/mol. The van der Waals surface area contributed by atoms with Gasteiger partial charge in [-0.3, -0.25) is 4.98 Å². The van der Waals surface area contributed by atoms with E-state index in [-0.39, 0.29) is 12.6 Å². The van der Waals surface area contributed by atoms with Crippen molar-refractivity contribution in [1.29, 1.82) is 0 Å². The summed E-state index contributed by atoms with van der Waals surface area (Å²) < 4.78 is 2.64. The first-order chi connectivity index (χ1) is 8.90. The molecule has 0 aliphatic heterocycles. The van der Waals surface area contributed by atoms with Crippen LogP contribution in [0.1, 0.15) is 0 Å². The molecule has 0 unspecified atom stereocenters. The van der Waals surface area contributed by atoms with Gasteiger partial charge in [0.25, 0.3) is 0 Å². The van der Waals surface area contributed by atoms with Crippen molar-refractivity contribution in [2.75, 3.05) is 0 Å². The zero-order chi connectivity index (χ0) is 12.4. The summed E-state index contributed by atoms with van der Waals surface area (Å²) >= 11 is 0. The van der Waals surface area contributed by atoms with Crippen LogP contribution in [-0.2, 0) is 6.73 Å². The summed E-state index contributed by atoms with van der Waals surface area (Å²) in [6.45, 7) is -0.356. The number of nitrogens with zero attached hydrogens (tertiary/aromatic N) is 9. The van der Waals surface area contributed by atoms with Crippen LogP contribution < -0.4 is 0 Å². The minimum absolute atomic E-state index is 0.277. The molecule has 3 aromatic heterocycles. The van der Waals surface area contributed by atoms with Gasteiger partial charge in [0.2, 0.25) is 11.6 Å². The molecule has 0 aliphatic rings. The SMILES string of the molecule is OCn1nnnc1-c1nnnn1-c1ccncc1. The van der Waals surface area contributed by atoms with Gasteiger partial charge in [-0.25, -0.2) is 0 Å². The maximum Gasteiger partial charge on any atom is 0.226 e. The molecule has 10 nitrogen and oxygen atoms in total. The summed E-state index contributed by atoms with van der Waals surface area (Å²) in [5.74, 6) is 0.611. The Morgan fingerprint density at radius 1 is 1.00 bits per heavy atom. The molecule has 0 amide bonds. The number of hydrogen-bond donors (Lipinski definition) is 1. The molecule has 90 valence electrons. The lowest BCUT2D eigenvalue weighted by Crippen LogP contribution is -2.07. The summed E-state index contributed by atoms with van der Waals surface area (Å²) in [5.41, 5.74) is 0.720. The quantitative estimate of drug-likeness (QED) is 0.602. The number of pyridine rings is 1. The highest BCUT2D eigenvalue weighted by Gasteiger charge is 2.17. The van der Waals surface area contributed by atoms with Crippen molar-refractivity contribution >= 4 is 0 Å². The molecule has 0 saturated heterocycles. The largest absolute Gasteiger partial charge is 0.374 e. The molecule has 18 heavy (non-hydrogen) atoms. The number of rotatable bonds is 3. The van der Waals surface area contributed by atoms with E-state index in [1.165, 1.54) is 9.36 Å². The maximum absolute atomic E-state index is 9.10. The smallest absolute Gasteiger partial charge is 0.226 e. The van der Waals surface area contributed by atoms with Gasteiger partial charge in [-0.2, -0.15) is 9.36 Å². The number of aliphatic hydroxyl groups excluding tert-OH is 1. The van der Waals surface area contributed by atoms with E-state index in [9.17, 15) is 0 Å². The number of aliphatic hydroxyl groups is 1. The van der Waals surface area contributed by atoms with Gasteiger partial charge in [-0.1, -0.05) is 0 Å². The molecule has 10 heteroatoms. The molecular formula is C8H7N9O. The third kappa shape index (κ3) is 1.60.